The predicted molar refractivity (Wildman–Crippen MR) is 186 cm³/mol. The summed E-state index contributed by atoms with van der Waals surface area (Å²) in [5.41, 5.74) is 2.50. The molecule has 0 radical (unpaired) electrons. The van der Waals surface area contributed by atoms with Gasteiger partial charge in [-0.2, -0.15) is 5.10 Å². The standard InChI is InChI=1S/C37H47N5O6S/c1-22(2)30-15-17-42(40-30)33-20-32(27-13-14-31(47-5)23(3)34(27)38-33)48-25-18-28-29(19-25)36(44)41(4)16-9-7-6-8-10-24-21-37(24,39-35(28)43)49(45,46)26-11-12-26/h8,10,13-15,17,20,22,24-26,28-29H,6-7,9,11-12,16,18-19,21H2,1-5H3,(H,39,43)/b10-8-/t24-,25?,28+,29?,37-/m0/s1. The number of aryl methyl sites for hydroxylation is 1. The van der Waals surface area contributed by atoms with Gasteiger partial charge in [-0.3, -0.25) is 9.59 Å². The summed E-state index contributed by atoms with van der Waals surface area (Å²) in [6.45, 7) is 6.72. The average molecular weight is 690 g/mol. The van der Waals surface area contributed by atoms with Gasteiger partial charge in [0.25, 0.3) is 0 Å². The SMILES string of the molecule is COc1ccc2c(OC3CC4C(=O)N(C)CCCC/C=C\[C@H]5C[C@@]5(S(=O)(=O)C5CC5)NC(=O)[C@@H]4C3)cc(-n3ccc(C(C)C)n3)nc2c1C. The number of nitrogens with zero attached hydrogens (tertiary/aromatic N) is 4. The second-order valence-corrected chi connectivity index (χ2v) is 17.1. The number of nitrogens with one attached hydrogen (secondary N) is 1. The summed E-state index contributed by atoms with van der Waals surface area (Å²) < 4.78 is 41.6. The number of methoxy groups -OCH3 is 1. The van der Waals surface area contributed by atoms with Crippen LogP contribution >= 0.6 is 0 Å². The van der Waals surface area contributed by atoms with Gasteiger partial charge >= 0.3 is 0 Å². The van der Waals surface area contributed by atoms with E-state index in [1.165, 1.54) is 0 Å². The van der Waals surface area contributed by atoms with E-state index >= 15 is 0 Å². The number of carbonyl (C=O) groups is 2. The fraction of sp³-hybridized carbons (Fsp3) is 0.568. The average Bonchev–Trinajstić information content (AvgIpc) is 3.95. The Morgan fingerprint density at radius 3 is 2.55 bits per heavy atom. The maximum absolute atomic E-state index is 14.2. The lowest BCUT2D eigenvalue weighted by Crippen LogP contribution is -2.50. The van der Waals surface area contributed by atoms with Crippen molar-refractivity contribution in [3.8, 4) is 17.3 Å². The van der Waals surface area contributed by atoms with Crippen molar-refractivity contribution in [2.75, 3.05) is 20.7 Å². The van der Waals surface area contributed by atoms with Gasteiger partial charge in [-0.05, 0) is 82.4 Å². The van der Waals surface area contributed by atoms with Gasteiger partial charge in [0.05, 0.1) is 35.4 Å². The van der Waals surface area contributed by atoms with Crippen LogP contribution in [0.25, 0.3) is 16.7 Å². The maximum atomic E-state index is 14.2. The van der Waals surface area contributed by atoms with Crippen LogP contribution in [0.1, 0.15) is 82.4 Å². The topological polar surface area (TPSA) is 133 Å². The zero-order chi connectivity index (χ0) is 34.7. The molecule has 2 aromatic heterocycles. The van der Waals surface area contributed by atoms with Crippen molar-refractivity contribution >= 4 is 32.6 Å². The number of sulfone groups is 1. The quantitative estimate of drug-likeness (QED) is 0.333. The maximum Gasteiger partial charge on any atom is 0.226 e. The van der Waals surface area contributed by atoms with Gasteiger partial charge in [0.2, 0.25) is 11.8 Å². The molecule has 0 saturated heterocycles. The number of aromatic nitrogens is 3. The minimum Gasteiger partial charge on any atom is -0.496 e. The molecule has 11 nitrogen and oxygen atoms in total. The smallest absolute Gasteiger partial charge is 0.226 e. The monoisotopic (exact) mass is 689 g/mol. The molecule has 4 aliphatic rings. The molecule has 0 bridgehead atoms. The predicted octanol–water partition coefficient (Wildman–Crippen LogP) is 5.24. The summed E-state index contributed by atoms with van der Waals surface area (Å²) in [5.74, 6) is -0.0145. The Bertz CT molecular complexity index is 1920. The Hall–Kier alpha value is -3.93. The highest BCUT2D eigenvalue weighted by Gasteiger charge is 2.67. The highest BCUT2D eigenvalue weighted by atomic mass is 32.2. The van der Waals surface area contributed by atoms with Crippen molar-refractivity contribution in [2.24, 2.45) is 17.8 Å². The van der Waals surface area contributed by atoms with Crippen LogP contribution in [0.2, 0.25) is 0 Å². The van der Waals surface area contributed by atoms with Crippen LogP contribution in [-0.4, -0.2) is 76.8 Å². The van der Waals surface area contributed by atoms with Crippen LogP contribution in [0, 0.1) is 24.7 Å². The van der Waals surface area contributed by atoms with Gasteiger partial charge in [0, 0.05) is 42.7 Å². The first-order valence-corrected chi connectivity index (χ1v) is 19.2. The van der Waals surface area contributed by atoms with Crippen LogP contribution in [0.15, 0.2) is 42.6 Å². The van der Waals surface area contributed by atoms with Gasteiger partial charge in [0.1, 0.15) is 22.5 Å². The van der Waals surface area contributed by atoms with E-state index in [0.717, 1.165) is 35.9 Å². The van der Waals surface area contributed by atoms with Gasteiger partial charge < -0.3 is 19.7 Å². The lowest BCUT2D eigenvalue weighted by Gasteiger charge is -2.27. The number of amides is 2. The Morgan fingerprint density at radius 1 is 1.06 bits per heavy atom. The zero-order valence-corrected chi connectivity index (χ0v) is 29.8. The van der Waals surface area contributed by atoms with Crippen molar-refractivity contribution < 1.29 is 27.5 Å². The molecule has 3 fully saturated rings. The fourth-order valence-corrected chi connectivity index (χ4v) is 10.2. The molecular weight excluding hydrogens is 643 g/mol. The highest BCUT2D eigenvalue weighted by molar-refractivity contribution is 7.94. The molecule has 3 aromatic rings. The summed E-state index contributed by atoms with van der Waals surface area (Å²) in [6.07, 6.45) is 10.2. The summed E-state index contributed by atoms with van der Waals surface area (Å²) >= 11 is 0. The molecule has 2 amide bonds. The zero-order valence-electron chi connectivity index (χ0n) is 29.0. The molecular formula is C37H47N5O6S. The van der Waals surface area contributed by atoms with Crippen molar-refractivity contribution in [3.05, 3.63) is 53.9 Å². The van der Waals surface area contributed by atoms with E-state index in [4.69, 9.17) is 19.6 Å². The third-order valence-electron chi connectivity index (χ3n) is 10.9. The normalized spacial score (nSPS) is 28.5. The second kappa shape index (κ2) is 12.8. The number of hydrogen-bond acceptors (Lipinski definition) is 8. The first kappa shape index (κ1) is 33.6. The number of benzene rings is 1. The van der Waals surface area contributed by atoms with Crippen LogP contribution in [0.4, 0.5) is 0 Å². The molecule has 3 saturated carbocycles. The molecule has 49 heavy (non-hydrogen) atoms. The highest BCUT2D eigenvalue weighted by Crippen LogP contribution is 2.54. The largest absolute Gasteiger partial charge is 0.496 e. The summed E-state index contributed by atoms with van der Waals surface area (Å²) in [7, 11) is -0.157. The number of hydrogen-bond donors (Lipinski definition) is 1. The number of pyridine rings is 1. The lowest BCUT2D eigenvalue weighted by molar-refractivity contribution is -0.140. The molecule has 262 valence electrons. The molecule has 3 aliphatic carbocycles. The molecule has 5 atom stereocenters. The summed E-state index contributed by atoms with van der Waals surface area (Å²) in [6, 6.07) is 7.63. The minimum absolute atomic E-state index is 0.107. The molecule has 3 heterocycles. The van der Waals surface area contributed by atoms with Gasteiger partial charge in [-0.25, -0.2) is 18.1 Å². The molecule has 1 aliphatic heterocycles. The molecule has 0 spiro atoms. The Morgan fingerprint density at radius 2 is 1.84 bits per heavy atom. The molecule has 7 rings (SSSR count). The Kier molecular flexibility index (Phi) is 8.73. The Labute approximate surface area is 288 Å². The van der Waals surface area contributed by atoms with Crippen molar-refractivity contribution in [1.82, 2.24) is 25.0 Å². The second-order valence-electron chi connectivity index (χ2n) is 14.6. The van der Waals surface area contributed by atoms with Crippen LogP contribution in [0.3, 0.4) is 0 Å². The van der Waals surface area contributed by atoms with Gasteiger partial charge in [0.15, 0.2) is 15.7 Å². The first-order chi connectivity index (χ1) is 23.4. The van der Waals surface area contributed by atoms with Crippen LogP contribution in [-0.2, 0) is 19.4 Å². The number of rotatable bonds is 7. The third kappa shape index (κ3) is 6.10. The molecule has 12 heteroatoms. The molecule has 1 aromatic carbocycles. The van der Waals surface area contributed by atoms with Crippen LogP contribution < -0.4 is 14.8 Å². The van der Waals surface area contributed by atoms with Gasteiger partial charge in [-0.1, -0.05) is 26.0 Å². The van der Waals surface area contributed by atoms with E-state index in [2.05, 4.69) is 19.2 Å². The number of ether oxygens (including phenoxy) is 2. The van der Waals surface area contributed by atoms with Crippen molar-refractivity contribution in [2.45, 2.75) is 94.3 Å². The first-order valence-electron chi connectivity index (χ1n) is 17.6. The van der Waals surface area contributed by atoms with Crippen molar-refractivity contribution in [1.29, 1.82) is 0 Å². The number of carbonyl (C=O) groups excluding carboxylic acids is 2. The number of fused-ring (bicyclic) bond motifs is 3. The molecule has 2 unspecified atom stereocenters. The van der Waals surface area contributed by atoms with E-state index < -0.39 is 37.9 Å². The third-order valence-corrected chi connectivity index (χ3v) is 13.8. The number of allylic oxidation sites excluding steroid dienone is 1. The van der Waals surface area contributed by atoms with E-state index in [1.807, 2.05) is 49.5 Å². The van der Waals surface area contributed by atoms with Crippen molar-refractivity contribution in [3.63, 3.8) is 0 Å². The summed E-state index contributed by atoms with van der Waals surface area (Å²) in [5, 5.41) is 8.15. The van der Waals surface area contributed by atoms with E-state index in [-0.39, 0.29) is 30.1 Å². The van der Waals surface area contributed by atoms with E-state index in [1.54, 1.807) is 23.7 Å². The van der Waals surface area contributed by atoms with Crippen LogP contribution in [0.5, 0.6) is 11.5 Å². The van der Waals surface area contributed by atoms with Gasteiger partial charge in [-0.15, -0.1) is 0 Å². The van der Waals surface area contributed by atoms with E-state index in [0.29, 0.717) is 55.1 Å². The lowest BCUT2D eigenvalue weighted by atomic mass is 9.93. The fourth-order valence-electron chi connectivity index (χ4n) is 7.68. The van der Waals surface area contributed by atoms with E-state index in [9.17, 15) is 18.0 Å². The summed E-state index contributed by atoms with van der Waals surface area (Å²) in [4.78, 5) is 33.6. The molecule has 1 N–H and O–H groups in total. The Balaban J connectivity index is 1.23. The minimum atomic E-state index is -3.57.